The third-order valence-corrected chi connectivity index (χ3v) is 3.90. The predicted molar refractivity (Wildman–Crippen MR) is 76.8 cm³/mol. The van der Waals surface area contributed by atoms with Gasteiger partial charge in [-0.15, -0.1) is 0 Å². The van der Waals surface area contributed by atoms with Crippen LogP contribution in [0.15, 0.2) is 0 Å². The first kappa shape index (κ1) is 16.0. The summed E-state index contributed by atoms with van der Waals surface area (Å²) in [6, 6.07) is 0. The molecule has 4 nitrogen and oxygen atoms in total. The Labute approximate surface area is 116 Å². The minimum absolute atomic E-state index is 0.0463. The second kappa shape index (κ2) is 7.51. The van der Waals surface area contributed by atoms with E-state index in [1.165, 1.54) is 25.7 Å². The standard InChI is InChI=1S/C15H28N2O2/c1-4-5-6-7-8-9-10-13(18)17-12-11-16-14(19)15(17,2)3/h4-12H2,1-3H3,(H,16,19). The molecular formula is C15H28N2O2. The molecule has 1 N–H and O–H groups in total. The molecule has 0 atom stereocenters. The maximum atomic E-state index is 12.2. The zero-order valence-corrected chi connectivity index (χ0v) is 12.6. The van der Waals surface area contributed by atoms with Crippen LogP contribution in [-0.2, 0) is 9.59 Å². The van der Waals surface area contributed by atoms with Gasteiger partial charge >= 0.3 is 0 Å². The van der Waals surface area contributed by atoms with E-state index in [2.05, 4.69) is 12.2 Å². The fourth-order valence-corrected chi connectivity index (χ4v) is 2.53. The summed E-state index contributed by atoms with van der Waals surface area (Å²) >= 11 is 0. The van der Waals surface area contributed by atoms with Crippen LogP contribution in [0.25, 0.3) is 0 Å². The first-order valence-electron chi connectivity index (χ1n) is 7.59. The molecule has 1 aliphatic rings. The van der Waals surface area contributed by atoms with Crippen molar-refractivity contribution in [2.45, 2.75) is 71.3 Å². The normalized spacial score (nSPS) is 18.3. The van der Waals surface area contributed by atoms with Gasteiger partial charge in [-0.3, -0.25) is 9.59 Å². The van der Waals surface area contributed by atoms with Crippen LogP contribution >= 0.6 is 0 Å². The van der Waals surface area contributed by atoms with E-state index in [0.717, 1.165) is 12.8 Å². The Morgan fingerprint density at radius 2 is 1.84 bits per heavy atom. The summed E-state index contributed by atoms with van der Waals surface area (Å²) in [5.41, 5.74) is -0.697. The van der Waals surface area contributed by atoms with Crippen molar-refractivity contribution in [1.29, 1.82) is 0 Å². The lowest BCUT2D eigenvalue weighted by molar-refractivity contribution is -0.149. The van der Waals surface area contributed by atoms with Crippen molar-refractivity contribution < 1.29 is 9.59 Å². The molecule has 1 saturated heterocycles. The molecule has 0 aromatic heterocycles. The van der Waals surface area contributed by atoms with E-state index in [9.17, 15) is 9.59 Å². The molecule has 4 heteroatoms. The summed E-state index contributed by atoms with van der Waals surface area (Å²) in [5, 5.41) is 2.81. The van der Waals surface area contributed by atoms with Crippen molar-refractivity contribution in [3.63, 3.8) is 0 Å². The van der Waals surface area contributed by atoms with Gasteiger partial charge in [0.25, 0.3) is 0 Å². The number of hydrogen-bond acceptors (Lipinski definition) is 2. The second-order valence-electron chi connectivity index (χ2n) is 5.88. The van der Waals surface area contributed by atoms with Crippen LogP contribution in [0.3, 0.4) is 0 Å². The molecule has 0 aliphatic carbocycles. The van der Waals surface area contributed by atoms with Crippen LogP contribution in [0.4, 0.5) is 0 Å². The molecule has 110 valence electrons. The number of carbonyl (C=O) groups excluding carboxylic acids is 2. The summed E-state index contributed by atoms with van der Waals surface area (Å²) < 4.78 is 0. The summed E-state index contributed by atoms with van der Waals surface area (Å²) in [6.45, 7) is 7.05. The highest BCUT2D eigenvalue weighted by Crippen LogP contribution is 2.19. The maximum absolute atomic E-state index is 12.2. The minimum Gasteiger partial charge on any atom is -0.352 e. The average Bonchev–Trinajstić information content (AvgIpc) is 2.36. The van der Waals surface area contributed by atoms with E-state index < -0.39 is 5.54 Å². The third-order valence-electron chi connectivity index (χ3n) is 3.90. The van der Waals surface area contributed by atoms with Crippen molar-refractivity contribution in [3.05, 3.63) is 0 Å². The number of unbranched alkanes of at least 4 members (excludes halogenated alkanes) is 5. The van der Waals surface area contributed by atoms with Gasteiger partial charge in [0.15, 0.2) is 0 Å². The molecular weight excluding hydrogens is 240 g/mol. The monoisotopic (exact) mass is 268 g/mol. The Morgan fingerprint density at radius 1 is 1.21 bits per heavy atom. The zero-order valence-electron chi connectivity index (χ0n) is 12.6. The Hall–Kier alpha value is -1.06. The number of carbonyl (C=O) groups is 2. The van der Waals surface area contributed by atoms with E-state index >= 15 is 0 Å². The second-order valence-corrected chi connectivity index (χ2v) is 5.88. The number of piperazine rings is 1. The van der Waals surface area contributed by atoms with E-state index in [1.807, 2.05) is 13.8 Å². The minimum atomic E-state index is -0.697. The van der Waals surface area contributed by atoms with Gasteiger partial charge in [-0.2, -0.15) is 0 Å². The largest absolute Gasteiger partial charge is 0.352 e. The van der Waals surface area contributed by atoms with Gasteiger partial charge in [-0.25, -0.2) is 0 Å². The van der Waals surface area contributed by atoms with Crippen LogP contribution in [0, 0.1) is 0 Å². The predicted octanol–water partition coefficient (Wildman–Crippen LogP) is 2.47. The topological polar surface area (TPSA) is 49.4 Å². The quantitative estimate of drug-likeness (QED) is 0.721. The van der Waals surface area contributed by atoms with Gasteiger partial charge in [-0.1, -0.05) is 39.0 Å². The molecule has 0 spiro atoms. The number of amides is 2. The number of nitrogens with one attached hydrogen (secondary N) is 1. The smallest absolute Gasteiger partial charge is 0.245 e. The average molecular weight is 268 g/mol. The Bertz CT molecular complexity index is 313. The molecule has 1 rings (SSSR count). The van der Waals surface area contributed by atoms with Crippen LogP contribution in [-0.4, -0.2) is 35.3 Å². The van der Waals surface area contributed by atoms with Gasteiger partial charge < -0.3 is 10.2 Å². The Balaban J connectivity index is 2.30. The molecule has 0 bridgehead atoms. The molecule has 2 amide bonds. The van der Waals surface area contributed by atoms with E-state index in [-0.39, 0.29) is 11.8 Å². The summed E-state index contributed by atoms with van der Waals surface area (Å²) in [6.07, 6.45) is 7.64. The van der Waals surface area contributed by atoms with Crippen molar-refractivity contribution in [2.75, 3.05) is 13.1 Å². The molecule has 1 fully saturated rings. The van der Waals surface area contributed by atoms with Crippen molar-refractivity contribution in [2.24, 2.45) is 0 Å². The number of rotatable bonds is 7. The van der Waals surface area contributed by atoms with Crippen LogP contribution in [0.2, 0.25) is 0 Å². The highest BCUT2D eigenvalue weighted by atomic mass is 16.2. The van der Waals surface area contributed by atoms with Crippen LogP contribution < -0.4 is 5.32 Å². The SMILES string of the molecule is CCCCCCCCC(=O)N1CCNC(=O)C1(C)C. The molecule has 0 aromatic rings. The molecule has 0 aromatic carbocycles. The zero-order chi connectivity index (χ0) is 14.3. The highest BCUT2D eigenvalue weighted by molar-refractivity contribution is 5.91. The highest BCUT2D eigenvalue weighted by Gasteiger charge is 2.39. The summed E-state index contributed by atoms with van der Waals surface area (Å²) in [7, 11) is 0. The lowest BCUT2D eigenvalue weighted by Gasteiger charge is -2.41. The van der Waals surface area contributed by atoms with Gasteiger partial charge in [-0.05, 0) is 20.3 Å². The molecule has 0 saturated carbocycles. The molecule has 0 radical (unpaired) electrons. The van der Waals surface area contributed by atoms with E-state index in [1.54, 1.807) is 4.90 Å². The van der Waals surface area contributed by atoms with E-state index in [4.69, 9.17) is 0 Å². The maximum Gasteiger partial charge on any atom is 0.245 e. The Morgan fingerprint density at radius 3 is 2.53 bits per heavy atom. The van der Waals surface area contributed by atoms with E-state index in [0.29, 0.717) is 19.5 Å². The third kappa shape index (κ3) is 4.51. The molecule has 0 unspecified atom stereocenters. The molecule has 1 aliphatic heterocycles. The van der Waals surface area contributed by atoms with Crippen molar-refractivity contribution in [1.82, 2.24) is 10.2 Å². The fourth-order valence-electron chi connectivity index (χ4n) is 2.53. The van der Waals surface area contributed by atoms with Crippen molar-refractivity contribution >= 4 is 11.8 Å². The van der Waals surface area contributed by atoms with Gasteiger partial charge in [0.05, 0.1) is 0 Å². The van der Waals surface area contributed by atoms with Gasteiger partial charge in [0.1, 0.15) is 5.54 Å². The van der Waals surface area contributed by atoms with Gasteiger partial charge in [0.2, 0.25) is 11.8 Å². The molecule has 1 heterocycles. The Kier molecular flexibility index (Phi) is 6.32. The van der Waals surface area contributed by atoms with Crippen molar-refractivity contribution in [3.8, 4) is 0 Å². The fraction of sp³-hybridized carbons (Fsp3) is 0.867. The number of nitrogens with zero attached hydrogens (tertiary/aromatic N) is 1. The van der Waals surface area contributed by atoms with Crippen LogP contribution in [0.1, 0.15) is 65.7 Å². The van der Waals surface area contributed by atoms with Gasteiger partial charge in [0, 0.05) is 19.5 Å². The first-order chi connectivity index (χ1) is 9.00. The van der Waals surface area contributed by atoms with Crippen LogP contribution in [0.5, 0.6) is 0 Å². The summed E-state index contributed by atoms with van der Waals surface area (Å²) in [4.78, 5) is 25.7. The lowest BCUT2D eigenvalue weighted by atomic mass is 9.98. The molecule has 19 heavy (non-hydrogen) atoms. The lowest BCUT2D eigenvalue weighted by Crippen LogP contribution is -2.63. The first-order valence-corrected chi connectivity index (χ1v) is 7.59. The number of hydrogen-bond donors (Lipinski definition) is 1. The summed E-state index contributed by atoms with van der Waals surface area (Å²) in [5.74, 6) is 0.0744.